The molecule has 0 aliphatic carbocycles. The Hall–Kier alpha value is -5.66. The second kappa shape index (κ2) is 17.0. The molecule has 52 heavy (non-hydrogen) atoms. The van der Waals surface area contributed by atoms with Gasteiger partial charge in [-0.2, -0.15) is 0 Å². The van der Waals surface area contributed by atoms with E-state index in [-0.39, 0.29) is 11.8 Å². The molecule has 0 saturated carbocycles. The Balaban J connectivity index is 1.31. The maximum absolute atomic E-state index is 15.0. The van der Waals surface area contributed by atoms with E-state index in [0.29, 0.717) is 24.2 Å². The number of hydrogen-bond donors (Lipinski definition) is 0. The number of carbonyl (C=O) groups is 2. The number of hydrogen-bond acceptors (Lipinski definition) is 2. The van der Waals surface area contributed by atoms with Crippen LogP contribution in [0.5, 0.6) is 0 Å². The standard InChI is InChI=1S/C46H38N2O2P2/c49-45(47(35-37-20-7-1-8-21-37)51(41-26-11-3-12-27-41)42-28-13-4-14-29-42)39-24-19-25-40(34-39)46(50)48(36-38-22-9-2-10-23-38)52(43-30-15-5-16-31-43)44-32-17-6-18-33-44/h1-34H,35-36H2. The molecule has 7 aromatic carbocycles. The first-order valence-corrected chi connectivity index (χ1v) is 19.9. The summed E-state index contributed by atoms with van der Waals surface area (Å²) in [4.78, 5) is 29.9. The normalized spacial score (nSPS) is 11.0. The number of amides is 2. The fourth-order valence-corrected chi connectivity index (χ4v) is 10.9. The highest BCUT2D eigenvalue weighted by molar-refractivity contribution is 7.71. The van der Waals surface area contributed by atoms with Crippen LogP contribution >= 0.6 is 16.1 Å². The van der Waals surface area contributed by atoms with Gasteiger partial charge in [-0.1, -0.05) is 188 Å². The molecule has 2 amide bonds. The summed E-state index contributed by atoms with van der Waals surface area (Å²) in [5.41, 5.74) is 3.02. The Kier molecular flexibility index (Phi) is 11.4. The molecule has 0 unspecified atom stereocenters. The Morgan fingerprint density at radius 1 is 0.346 bits per heavy atom. The third-order valence-corrected chi connectivity index (χ3v) is 13.4. The highest BCUT2D eigenvalue weighted by Gasteiger charge is 2.31. The van der Waals surface area contributed by atoms with E-state index in [0.717, 1.165) is 32.3 Å². The minimum absolute atomic E-state index is 0.125. The molecule has 0 radical (unpaired) electrons. The maximum Gasteiger partial charge on any atom is 0.257 e. The first-order chi connectivity index (χ1) is 25.7. The average Bonchev–Trinajstić information content (AvgIpc) is 3.22. The zero-order valence-corrected chi connectivity index (χ0v) is 30.4. The molecule has 0 saturated heterocycles. The third-order valence-electron chi connectivity index (χ3n) is 8.66. The van der Waals surface area contributed by atoms with Crippen LogP contribution in [0.15, 0.2) is 206 Å². The van der Waals surface area contributed by atoms with Gasteiger partial charge in [0.25, 0.3) is 11.8 Å². The molecule has 0 bridgehead atoms. The van der Waals surface area contributed by atoms with E-state index in [4.69, 9.17) is 0 Å². The lowest BCUT2D eigenvalue weighted by atomic mass is 10.1. The molecule has 0 aromatic heterocycles. The summed E-state index contributed by atoms with van der Waals surface area (Å²) in [5.74, 6) is -0.249. The van der Waals surface area contributed by atoms with Crippen LogP contribution in [0.4, 0.5) is 0 Å². The van der Waals surface area contributed by atoms with E-state index in [2.05, 4.69) is 72.8 Å². The van der Waals surface area contributed by atoms with Gasteiger partial charge in [0.1, 0.15) is 0 Å². The first kappa shape index (κ1) is 34.8. The lowest BCUT2D eigenvalue weighted by Crippen LogP contribution is -2.35. The minimum atomic E-state index is -1.25. The molecule has 254 valence electrons. The molecule has 0 atom stereocenters. The summed E-state index contributed by atoms with van der Waals surface area (Å²) in [6, 6.07) is 68.5. The van der Waals surface area contributed by atoms with Gasteiger partial charge in [0.2, 0.25) is 0 Å². The van der Waals surface area contributed by atoms with Gasteiger partial charge in [-0.3, -0.25) is 9.59 Å². The molecule has 6 heteroatoms. The SMILES string of the molecule is O=C(c1cccc(C(=O)N(Cc2ccccc2)P(c2ccccc2)c2ccccc2)c1)N(Cc1ccccc1)P(c1ccccc1)c1ccccc1. The molecule has 4 nitrogen and oxygen atoms in total. The van der Waals surface area contributed by atoms with Crippen molar-refractivity contribution >= 4 is 49.2 Å². The lowest BCUT2D eigenvalue weighted by Gasteiger charge is -2.34. The maximum atomic E-state index is 15.0. The van der Waals surface area contributed by atoms with Gasteiger partial charge in [-0.25, -0.2) is 0 Å². The highest BCUT2D eigenvalue weighted by atomic mass is 31.1. The van der Waals surface area contributed by atoms with E-state index in [1.807, 2.05) is 137 Å². The predicted molar refractivity (Wildman–Crippen MR) is 217 cm³/mol. The van der Waals surface area contributed by atoms with Crippen molar-refractivity contribution < 1.29 is 9.59 Å². The van der Waals surface area contributed by atoms with Gasteiger partial charge in [0, 0.05) is 32.3 Å². The number of benzene rings is 7. The first-order valence-electron chi connectivity index (χ1n) is 17.3. The molecule has 0 spiro atoms. The Morgan fingerprint density at radius 3 is 0.904 bits per heavy atom. The Bertz CT molecular complexity index is 1950. The van der Waals surface area contributed by atoms with E-state index in [1.165, 1.54) is 0 Å². The zero-order chi connectivity index (χ0) is 35.5. The van der Waals surface area contributed by atoms with Crippen LogP contribution < -0.4 is 21.2 Å². The van der Waals surface area contributed by atoms with E-state index in [9.17, 15) is 9.59 Å². The van der Waals surface area contributed by atoms with Gasteiger partial charge < -0.3 is 9.34 Å². The van der Waals surface area contributed by atoms with Crippen molar-refractivity contribution in [1.82, 2.24) is 9.34 Å². The second-order valence-corrected chi connectivity index (χ2v) is 16.5. The van der Waals surface area contributed by atoms with Crippen molar-refractivity contribution in [2.24, 2.45) is 0 Å². The van der Waals surface area contributed by atoms with Crippen LogP contribution in [0.3, 0.4) is 0 Å². The summed E-state index contributed by atoms with van der Waals surface area (Å²) < 4.78 is 3.98. The van der Waals surface area contributed by atoms with Crippen molar-refractivity contribution in [3.63, 3.8) is 0 Å². The molecule has 0 aliphatic heterocycles. The van der Waals surface area contributed by atoms with Crippen molar-refractivity contribution in [3.05, 3.63) is 229 Å². The van der Waals surface area contributed by atoms with Crippen molar-refractivity contribution in [1.29, 1.82) is 0 Å². The van der Waals surface area contributed by atoms with E-state index >= 15 is 0 Å². The summed E-state index contributed by atoms with van der Waals surface area (Å²) >= 11 is 0. The van der Waals surface area contributed by atoms with Crippen molar-refractivity contribution in [3.8, 4) is 0 Å². The van der Waals surface area contributed by atoms with Gasteiger partial charge >= 0.3 is 0 Å². The number of nitrogens with zero attached hydrogens (tertiary/aromatic N) is 2. The zero-order valence-electron chi connectivity index (χ0n) is 28.6. The van der Waals surface area contributed by atoms with Gasteiger partial charge in [-0.05, 0) is 29.3 Å². The smallest absolute Gasteiger partial charge is 0.257 e. The van der Waals surface area contributed by atoms with Crippen LogP contribution in [0.2, 0.25) is 0 Å². The predicted octanol–water partition coefficient (Wildman–Crippen LogP) is 9.07. The number of rotatable bonds is 12. The van der Waals surface area contributed by atoms with Gasteiger partial charge in [-0.15, -0.1) is 0 Å². The summed E-state index contributed by atoms with van der Waals surface area (Å²) in [6.07, 6.45) is 0. The average molecular weight is 713 g/mol. The van der Waals surface area contributed by atoms with Crippen LogP contribution in [0, 0.1) is 0 Å². The highest BCUT2D eigenvalue weighted by Crippen LogP contribution is 2.43. The molecule has 0 N–H and O–H groups in total. The van der Waals surface area contributed by atoms with Gasteiger partial charge in [0.15, 0.2) is 0 Å². The van der Waals surface area contributed by atoms with Crippen molar-refractivity contribution in [2.75, 3.05) is 0 Å². The molecular formula is C46H38N2O2P2. The van der Waals surface area contributed by atoms with E-state index < -0.39 is 16.1 Å². The summed E-state index contributed by atoms with van der Waals surface area (Å²) in [5, 5.41) is 4.30. The molecule has 0 heterocycles. The molecule has 0 fully saturated rings. The van der Waals surface area contributed by atoms with Crippen LogP contribution in [-0.4, -0.2) is 21.2 Å². The Morgan fingerprint density at radius 2 is 0.615 bits per heavy atom. The summed E-state index contributed by atoms with van der Waals surface area (Å²) in [7, 11) is -2.50. The number of carbonyl (C=O) groups excluding carboxylic acids is 2. The quantitative estimate of drug-likeness (QED) is 0.119. The minimum Gasteiger partial charge on any atom is -0.305 e. The van der Waals surface area contributed by atoms with Crippen LogP contribution in [0.25, 0.3) is 0 Å². The fourth-order valence-electron chi connectivity index (χ4n) is 6.20. The van der Waals surface area contributed by atoms with Crippen molar-refractivity contribution in [2.45, 2.75) is 13.1 Å². The monoisotopic (exact) mass is 712 g/mol. The molecule has 7 aromatic rings. The van der Waals surface area contributed by atoms with Gasteiger partial charge in [0.05, 0.1) is 29.2 Å². The van der Waals surface area contributed by atoms with Crippen LogP contribution in [0.1, 0.15) is 31.8 Å². The Labute approximate surface area is 308 Å². The molecule has 7 rings (SSSR count). The third kappa shape index (κ3) is 8.27. The lowest BCUT2D eigenvalue weighted by molar-refractivity contribution is 0.0861. The largest absolute Gasteiger partial charge is 0.305 e. The van der Waals surface area contributed by atoms with Crippen LogP contribution in [-0.2, 0) is 13.1 Å². The second-order valence-electron chi connectivity index (χ2n) is 12.2. The fraction of sp³-hybridized carbons (Fsp3) is 0.0435. The van der Waals surface area contributed by atoms with E-state index in [1.54, 1.807) is 6.07 Å². The topological polar surface area (TPSA) is 40.6 Å². The molecular weight excluding hydrogens is 674 g/mol. The molecule has 0 aliphatic rings. The summed E-state index contributed by atoms with van der Waals surface area (Å²) in [6.45, 7) is 0.835.